The van der Waals surface area contributed by atoms with Gasteiger partial charge in [-0.3, -0.25) is 9.36 Å². The second kappa shape index (κ2) is 6.14. The molecule has 0 bridgehead atoms. The Kier molecular flexibility index (Phi) is 3.73. The van der Waals surface area contributed by atoms with Gasteiger partial charge in [-0.2, -0.15) is 5.10 Å². The largest absolute Gasteiger partial charge is 0.454 e. The molecule has 0 spiro atoms. The summed E-state index contributed by atoms with van der Waals surface area (Å²) in [6, 6.07) is 5.63. The summed E-state index contributed by atoms with van der Waals surface area (Å²) >= 11 is 0. The van der Waals surface area contributed by atoms with Crippen molar-refractivity contribution in [1.29, 1.82) is 0 Å². The van der Waals surface area contributed by atoms with Crippen molar-refractivity contribution in [3.05, 3.63) is 40.1 Å². The molecule has 8 nitrogen and oxygen atoms in total. The molecule has 0 atom stereocenters. The number of hydrogen-bond acceptors (Lipinski definition) is 5. The van der Waals surface area contributed by atoms with E-state index in [-0.39, 0.29) is 24.3 Å². The fraction of sp³-hybridized carbons (Fsp3) is 0.526. The van der Waals surface area contributed by atoms with E-state index < -0.39 is 0 Å². The number of aromatic nitrogens is 3. The lowest BCUT2D eigenvalue weighted by molar-refractivity contribution is 0.0709. The zero-order valence-electron chi connectivity index (χ0n) is 15.3. The molecule has 3 heterocycles. The molecule has 27 heavy (non-hydrogen) atoms. The van der Waals surface area contributed by atoms with Crippen molar-refractivity contribution in [3.63, 3.8) is 0 Å². The molecule has 5 rings (SSSR count). The molecule has 1 saturated heterocycles. The summed E-state index contributed by atoms with van der Waals surface area (Å²) < 4.78 is 14.0. The first kappa shape index (κ1) is 16.4. The number of fused-ring (bicyclic) bond motifs is 1. The predicted octanol–water partition coefficient (Wildman–Crippen LogP) is 1.67. The van der Waals surface area contributed by atoms with Gasteiger partial charge in [-0.15, -0.1) is 0 Å². The lowest BCUT2D eigenvalue weighted by Gasteiger charge is -2.31. The van der Waals surface area contributed by atoms with Gasteiger partial charge in [0.1, 0.15) is 5.82 Å². The van der Waals surface area contributed by atoms with E-state index in [1.165, 1.54) is 4.68 Å². The van der Waals surface area contributed by atoms with Crippen LogP contribution < -0.4 is 15.2 Å². The second-order valence-corrected chi connectivity index (χ2v) is 7.50. The Bertz CT molecular complexity index is 951. The molecule has 142 valence electrons. The minimum Gasteiger partial charge on any atom is -0.454 e. The molecular formula is C19H22N4O4. The highest BCUT2D eigenvalue weighted by molar-refractivity contribution is 5.95. The first-order valence-corrected chi connectivity index (χ1v) is 9.46. The van der Waals surface area contributed by atoms with Crippen LogP contribution in [0, 0.1) is 0 Å². The number of nitrogens with zero attached hydrogens (tertiary/aromatic N) is 4. The van der Waals surface area contributed by atoms with Gasteiger partial charge in [-0.1, -0.05) is 0 Å². The summed E-state index contributed by atoms with van der Waals surface area (Å²) in [5, 5.41) is 4.50. The molecule has 0 radical (unpaired) electrons. The zero-order valence-corrected chi connectivity index (χ0v) is 15.3. The number of carbonyl (C=O) groups is 1. The van der Waals surface area contributed by atoms with E-state index in [1.54, 1.807) is 25.2 Å². The Morgan fingerprint density at radius 1 is 1.11 bits per heavy atom. The van der Waals surface area contributed by atoms with Crippen molar-refractivity contribution < 1.29 is 14.3 Å². The van der Waals surface area contributed by atoms with Crippen molar-refractivity contribution in [2.45, 2.75) is 37.6 Å². The summed E-state index contributed by atoms with van der Waals surface area (Å²) in [7, 11) is 1.71. The standard InChI is InChI=1S/C19H22N4O4/c1-21-19(25)23(14-3-4-14)17(20-21)12-6-8-22(9-7-12)18(24)13-2-5-15-16(10-13)27-11-26-15/h2,5,10,12,14H,3-4,6-9,11H2,1H3. The van der Waals surface area contributed by atoms with Gasteiger partial charge in [0.2, 0.25) is 6.79 Å². The Balaban J connectivity index is 1.30. The maximum Gasteiger partial charge on any atom is 0.345 e. The number of hydrogen-bond donors (Lipinski definition) is 0. The predicted molar refractivity (Wildman–Crippen MR) is 96.2 cm³/mol. The van der Waals surface area contributed by atoms with Gasteiger partial charge in [0.25, 0.3) is 5.91 Å². The van der Waals surface area contributed by atoms with Crippen molar-refractivity contribution in [1.82, 2.24) is 19.2 Å². The van der Waals surface area contributed by atoms with Crippen molar-refractivity contribution in [2.24, 2.45) is 7.05 Å². The third-order valence-corrected chi connectivity index (χ3v) is 5.66. The maximum atomic E-state index is 12.8. The quantitative estimate of drug-likeness (QED) is 0.821. The average Bonchev–Trinajstić information content (AvgIpc) is 3.33. The normalized spacial score (nSPS) is 19.5. The van der Waals surface area contributed by atoms with Gasteiger partial charge in [0, 0.05) is 37.7 Å². The minimum absolute atomic E-state index is 0.00681. The molecule has 2 aliphatic heterocycles. The summed E-state index contributed by atoms with van der Waals surface area (Å²) in [4.78, 5) is 27.1. The van der Waals surface area contributed by atoms with Crippen LogP contribution in [0.2, 0.25) is 0 Å². The average molecular weight is 370 g/mol. The fourth-order valence-corrected chi connectivity index (χ4v) is 4.01. The number of amides is 1. The molecule has 2 fully saturated rings. The molecule has 1 saturated carbocycles. The first-order chi connectivity index (χ1) is 13.1. The molecule has 1 aromatic carbocycles. The highest BCUT2D eigenvalue weighted by atomic mass is 16.7. The van der Waals surface area contributed by atoms with E-state index in [9.17, 15) is 9.59 Å². The number of aryl methyl sites for hydroxylation is 1. The van der Waals surface area contributed by atoms with Gasteiger partial charge in [-0.05, 0) is 43.9 Å². The van der Waals surface area contributed by atoms with E-state index >= 15 is 0 Å². The van der Waals surface area contributed by atoms with Crippen LogP contribution in [0.25, 0.3) is 0 Å². The summed E-state index contributed by atoms with van der Waals surface area (Å²) in [5.74, 6) is 2.42. The van der Waals surface area contributed by atoms with Crippen molar-refractivity contribution in [3.8, 4) is 11.5 Å². The number of ether oxygens (including phenoxy) is 2. The first-order valence-electron chi connectivity index (χ1n) is 9.46. The summed E-state index contributed by atoms with van der Waals surface area (Å²) in [5.41, 5.74) is 0.594. The number of likely N-dealkylation sites (tertiary alicyclic amines) is 1. The lowest BCUT2D eigenvalue weighted by atomic mass is 9.95. The van der Waals surface area contributed by atoms with Gasteiger partial charge < -0.3 is 14.4 Å². The Morgan fingerprint density at radius 3 is 2.59 bits per heavy atom. The fourth-order valence-electron chi connectivity index (χ4n) is 4.01. The van der Waals surface area contributed by atoms with Crippen LogP contribution in [-0.4, -0.2) is 45.0 Å². The van der Waals surface area contributed by atoms with E-state index in [0.717, 1.165) is 31.5 Å². The molecule has 8 heteroatoms. The molecule has 1 aliphatic carbocycles. The topological polar surface area (TPSA) is 78.6 Å². The summed E-state index contributed by atoms with van der Waals surface area (Å²) in [6.07, 6.45) is 3.75. The highest BCUT2D eigenvalue weighted by Crippen LogP contribution is 2.38. The van der Waals surface area contributed by atoms with Gasteiger partial charge in [0.15, 0.2) is 11.5 Å². The number of piperidine rings is 1. The SMILES string of the molecule is Cn1nc(C2CCN(C(=O)c3ccc4c(c3)OCO4)CC2)n(C2CC2)c1=O. The van der Waals surface area contributed by atoms with Crippen molar-refractivity contribution in [2.75, 3.05) is 19.9 Å². The van der Waals surface area contributed by atoms with Crippen LogP contribution in [0.15, 0.2) is 23.0 Å². The Labute approximate surface area is 156 Å². The molecule has 2 aromatic rings. The zero-order chi connectivity index (χ0) is 18.5. The molecule has 0 N–H and O–H groups in total. The number of benzene rings is 1. The molecule has 3 aliphatic rings. The lowest BCUT2D eigenvalue weighted by Crippen LogP contribution is -2.38. The van der Waals surface area contributed by atoms with Crippen LogP contribution in [0.4, 0.5) is 0 Å². The smallest absolute Gasteiger partial charge is 0.345 e. The Hall–Kier alpha value is -2.77. The van der Waals surface area contributed by atoms with Crippen molar-refractivity contribution >= 4 is 5.91 Å². The van der Waals surface area contributed by atoms with Gasteiger partial charge in [-0.25, -0.2) is 9.48 Å². The van der Waals surface area contributed by atoms with E-state index in [4.69, 9.17) is 9.47 Å². The molecular weight excluding hydrogens is 348 g/mol. The Morgan fingerprint density at radius 2 is 1.85 bits per heavy atom. The third-order valence-electron chi connectivity index (χ3n) is 5.66. The van der Waals surface area contributed by atoms with E-state index in [0.29, 0.717) is 36.2 Å². The van der Waals surface area contributed by atoms with Gasteiger partial charge in [0.05, 0.1) is 0 Å². The van der Waals surface area contributed by atoms with Gasteiger partial charge >= 0.3 is 5.69 Å². The monoisotopic (exact) mass is 370 g/mol. The third kappa shape index (κ3) is 2.79. The number of carbonyl (C=O) groups excluding carboxylic acids is 1. The van der Waals surface area contributed by atoms with Crippen LogP contribution in [0.3, 0.4) is 0 Å². The second-order valence-electron chi connectivity index (χ2n) is 7.50. The van der Waals surface area contributed by atoms with Crippen LogP contribution in [-0.2, 0) is 7.05 Å². The van der Waals surface area contributed by atoms with Crippen LogP contribution >= 0.6 is 0 Å². The molecule has 0 unspecified atom stereocenters. The minimum atomic E-state index is -0.0219. The summed E-state index contributed by atoms with van der Waals surface area (Å²) in [6.45, 7) is 1.52. The van der Waals surface area contributed by atoms with E-state index in [1.807, 2.05) is 9.47 Å². The van der Waals surface area contributed by atoms with Crippen LogP contribution in [0.5, 0.6) is 11.5 Å². The van der Waals surface area contributed by atoms with E-state index in [2.05, 4.69) is 5.10 Å². The molecule has 1 amide bonds. The maximum absolute atomic E-state index is 12.8. The van der Waals surface area contributed by atoms with Crippen LogP contribution in [0.1, 0.15) is 53.8 Å². The number of rotatable bonds is 3. The highest BCUT2D eigenvalue weighted by Gasteiger charge is 2.34. The molecule has 1 aromatic heterocycles.